The molecule has 2 nitrogen and oxygen atoms in total. The van der Waals surface area contributed by atoms with E-state index in [0.29, 0.717) is 11.7 Å². The number of hydrogen-bond donors (Lipinski definition) is 0. The van der Waals surface area contributed by atoms with E-state index >= 15 is 0 Å². The summed E-state index contributed by atoms with van der Waals surface area (Å²) in [7, 11) is 0. The van der Waals surface area contributed by atoms with Crippen molar-refractivity contribution in [1.29, 1.82) is 0 Å². The Morgan fingerprint density at radius 2 is 2.00 bits per heavy atom. The van der Waals surface area contributed by atoms with Crippen LogP contribution in [0.2, 0.25) is 0 Å². The van der Waals surface area contributed by atoms with Gasteiger partial charge in [-0.1, -0.05) is 27.2 Å². The minimum absolute atomic E-state index is 0.327. The number of carbonyl (C=O) groups is 1. The van der Waals surface area contributed by atoms with Crippen LogP contribution in [0.5, 0.6) is 0 Å². The average molecular weight is 242 g/mol. The summed E-state index contributed by atoms with van der Waals surface area (Å²) in [5.41, 5.74) is 0. The number of rotatable bonds is 4. The first-order chi connectivity index (χ1) is 7.54. The molecule has 0 radical (unpaired) electrons. The molecule has 1 unspecified atom stereocenters. The molecule has 0 saturated carbocycles. The molecule has 92 valence electrons. The lowest BCUT2D eigenvalue weighted by atomic mass is 10.4. The van der Waals surface area contributed by atoms with Gasteiger partial charge in [0, 0.05) is 16.6 Å². The number of carbonyl (C=O) groups excluding carboxylic acids is 1. The lowest BCUT2D eigenvalue weighted by Crippen LogP contribution is -1.95. The number of aldehydes is 1. The molecule has 0 spiro atoms. The van der Waals surface area contributed by atoms with Gasteiger partial charge in [0.1, 0.15) is 17.8 Å². The topological polar surface area (TPSA) is 30.2 Å². The van der Waals surface area contributed by atoms with E-state index in [4.69, 9.17) is 4.42 Å². The molecule has 0 aliphatic carbocycles. The number of thioether (sulfide) groups is 1. The smallest absolute Gasteiger partial charge is 0.121 e. The van der Waals surface area contributed by atoms with E-state index in [9.17, 15) is 4.79 Å². The second-order valence-electron chi connectivity index (χ2n) is 3.82. The van der Waals surface area contributed by atoms with Crippen LogP contribution < -0.4 is 0 Å². The maximum atomic E-state index is 10.3. The van der Waals surface area contributed by atoms with Crippen molar-refractivity contribution in [3.05, 3.63) is 17.6 Å². The van der Waals surface area contributed by atoms with Gasteiger partial charge in [0.25, 0.3) is 0 Å². The molecule has 3 heteroatoms. The maximum absolute atomic E-state index is 10.3. The maximum Gasteiger partial charge on any atom is 0.121 e. The van der Waals surface area contributed by atoms with Crippen molar-refractivity contribution in [3.8, 4) is 0 Å². The lowest BCUT2D eigenvalue weighted by molar-refractivity contribution is -0.107. The zero-order chi connectivity index (χ0) is 12.6. The van der Waals surface area contributed by atoms with E-state index in [0.717, 1.165) is 22.7 Å². The highest BCUT2D eigenvalue weighted by atomic mass is 32.2. The van der Waals surface area contributed by atoms with Gasteiger partial charge in [-0.05, 0) is 19.9 Å². The molecule has 1 aromatic heterocycles. The third-order valence-corrected chi connectivity index (χ3v) is 3.01. The minimum atomic E-state index is 0.327. The Hall–Kier alpha value is -0.700. The van der Waals surface area contributed by atoms with Crippen molar-refractivity contribution < 1.29 is 9.21 Å². The van der Waals surface area contributed by atoms with Crippen LogP contribution in [0.25, 0.3) is 0 Å². The van der Waals surface area contributed by atoms with Crippen LogP contribution in [-0.2, 0) is 4.79 Å². The normalized spacial score (nSPS) is 11.6. The minimum Gasteiger partial charge on any atom is -0.465 e. The monoisotopic (exact) mass is 242 g/mol. The lowest BCUT2D eigenvalue weighted by Gasteiger charge is -2.04. The summed E-state index contributed by atoms with van der Waals surface area (Å²) < 4.78 is 5.38. The van der Waals surface area contributed by atoms with Gasteiger partial charge in [-0.15, -0.1) is 11.8 Å². The molecule has 0 N–H and O–H groups in total. The van der Waals surface area contributed by atoms with Gasteiger partial charge in [0.05, 0.1) is 0 Å². The molecule has 1 rings (SSSR count). The number of aryl methyl sites for hydroxylation is 2. The first-order valence-electron chi connectivity index (χ1n) is 5.72. The zero-order valence-electron chi connectivity index (χ0n) is 10.9. The molecule has 0 saturated heterocycles. The first kappa shape index (κ1) is 15.3. The Labute approximate surface area is 103 Å². The molecular formula is C13H22O2S. The fraction of sp³-hybridized carbons (Fsp3) is 0.615. The Kier molecular flexibility index (Phi) is 8.08. The predicted molar refractivity (Wildman–Crippen MR) is 70.1 cm³/mol. The van der Waals surface area contributed by atoms with Crippen LogP contribution in [0, 0.1) is 13.8 Å². The van der Waals surface area contributed by atoms with E-state index in [1.807, 2.05) is 26.8 Å². The van der Waals surface area contributed by atoms with Gasteiger partial charge >= 0.3 is 0 Å². The Balaban J connectivity index is 0.000000673. The fourth-order valence-corrected chi connectivity index (χ4v) is 2.17. The molecule has 16 heavy (non-hydrogen) atoms. The van der Waals surface area contributed by atoms with E-state index in [2.05, 4.69) is 13.8 Å². The van der Waals surface area contributed by atoms with Crippen molar-refractivity contribution in [2.24, 2.45) is 0 Å². The van der Waals surface area contributed by atoms with E-state index in [1.54, 1.807) is 11.8 Å². The summed E-state index contributed by atoms with van der Waals surface area (Å²) in [5, 5.41) is 0.327. The third kappa shape index (κ3) is 6.01. The summed E-state index contributed by atoms with van der Waals surface area (Å²) in [6.07, 6.45) is 2.80. The van der Waals surface area contributed by atoms with Gasteiger partial charge < -0.3 is 9.21 Å². The third-order valence-electron chi connectivity index (χ3n) is 1.75. The molecule has 0 aliphatic rings. The van der Waals surface area contributed by atoms with Gasteiger partial charge in [-0.2, -0.15) is 0 Å². The van der Waals surface area contributed by atoms with Crippen LogP contribution in [-0.4, -0.2) is 11.5 Å². The van der Waals surface area contributed by atoms with Crippen LogP contribution in [0.4, 0.5) is 0 Å². The molecule has 1 atom stereocenters. The summed E-state index contributed by atoms with van der Waals surface area (Å²) in [5.74, 6) is 1.87. The standard InChI is InChI=1S/C10H14O2S.C3H8/c1-7-6-10(9(3)12-7)13-8(2)4-5-11;1-3-2/h5-6,8H,4H2,1-3H3;3H2,1-2H3. The Morgan fingerprint density at radius 1 is 1.44 bits per heavy atom. The second-order valence-corrected chi connectivity index (χ2v) is 5.30. The van der Waals surface area contributed by atoms with Gasteiger partial charge in [0.15, 0.2) is 0 Å². The van der Waals surface area contributed by atoms with Crippen LogP contribution >= 0.6 is 11.8 Å². The highest BCUT2D eigenvalue weighted by Crippen LogP contribution is 2.29. The highest BCUT2D eigenvalue weighted by molar-refractivity contribution is 8.00. The molecule has 0 fully saturated rings. The van der Waals surface area contributed by atoms with E-state index < -0.39 is 0 Å². The molecule has 1 aromatic rings. The first-order valence-corrected chi connectivity index (χ1v) is 6.60. The van der Waals surface area contributed by atoms with Gasteiger partial charge in [-0.3, -0.25) is 0 Å². The predicted octanol–water partition coefficient (Wildman–Crippen LogP) is 4.38. The Morgan fingerprint density at radius 3 is 2.38 bits per heavy atom. The van der Waals surface area contributed by atoms with Crippen molar-refractivity contribution in [2.75, 3.05) is 0 Å². The fourth-order valence-electron chi connectivity index (χ4n) is 1.12. The molecule has 0 amide bonds. The van der Waals surface area contributed by atoms with E-state index in [-0.39, 0.29) is 0 Å². The molecular weight excluding hydrogens is 220 g/mol. The van der Waals surface area contributed by atoms with Gasteiger partial charge in [-0.25, -0.2) is 0 Å². The molecule has 1 heterocycles. The van der Waals surface area contributed by atoms with E-state index in [1.165, 1.54) is 6.42 Å². The summed E-state index contributed by atoms with van der Waals surface area (Å²) >= 11 is 1.69. The van der Waals surface area contributed by atoms with Crippen LogP contribution in [0.1, 0.15) is 45.1 Å². The van der Waals surface area contributed by atoms with Crippen molar-refractivity contribution >= 4 is 18.0 Å². The van der Waals surface area contributed by atoms with Crippen molar-refractivity contribution in [2.45, 2.75) is 57.6 Å². The molecule has 0 aromatic carbocycles. The number of furan rings is 1. The quantitative estimate of drug-likeness (QED) is 0.579. The SMILES string of the molecule is CCC.Cc1cc(SC(C)CC=O)c(C)o1. The van der Waals surface area contributed by atoms with Crippen molar-refractivity contribution in [3.63, 3.8) is 0 Å². The molecule has 0 bridgehead atoms. The zero-order valence-corrected chi connectivity index (χ0v) is 11.7. The van der Waals surface area contributed by atoms with Crippen LogP contribution in [0.3, 0.4) is 0 Å². The highest BCUT2D eigenvalue weighted by Gasteiger charge is 2.09. The molecule has 0 aliphatic heterocycles. The summed E-state index contributed by atoms with van der Waals surface area (Å²) in [6, 6.07) is 2.02. The van der Waals surface area contributed by atoms with Crippen LogP contribution in [0.15, 0.2) is 15.4 Å². The average Bonchev–Trinajstić information content (AvgIpc) is 2.46. The second kappa shape index (κ2) is 8.45. The summed E-state index contributed by atoms with van der Waals surface area (Å²) in [6.45, 7) is 10.2. The van der Waals surface area contributed by atoms with Crippen molar-refractivity contribution in [1.82, 2.24) is 0 Å². The number of hydrogen-bond acceptors (Lipinski definition) is 3. The Bertz CT molecular complexity index is 305. The van der Waals surface area contributed by atoms with Gasteiger partial charge in [0.2, 0.25) is 0 Å². The summed E-state index contributed by atoms with van der Waals surface area (Å²) in [4.78, 5) is 11.4. The largest absolute Gasteiger partial charge is 0.465 e.